The molecule has 0 aliphatic carbocycles. The van der Waals surface area contributed by atoms with Crippen molar-refractivity contribution in [3.8, 4) is 0 Å². The molecular weight excluding hydrogens is 267 g/mol. The van der Waals surface area contributed by atoms with Gasteiger partial charge in [0.25, 0.3) is 0 Å². The van der Waals surface area contributed by atoms with Crippen LogP contribution in [0.5, 0.6) is 0 Å². The molecule has 0 bridgehead atoms. The molecule has 8 heteroatoms. The SMILES string of the molecule is CC(C)CSCc1noc(CNCC(F)(F)F)n1. The van der Waals surface area contributed by atoms with E-state index in [1.54, 1.807) is 11.8 Å². The highest BCUT2D eigenvalue weighted by molar-refractivity contribution is 7.98. The molecule has 0 aromatic carbocycles. The van der Waals surface area contributed by atoms with E-state index in [1.165, 1.54) is 0 Å². The number of thioether (sulfide) groups is 1. The van der Waals surface area contributed by atoms with Gasteiger partial charge in [-0.1, -0.05) is 19.0 Å². The van der Waals surface area contributed by atoms with Crippen LogP contribution in [0.1, 0.15) is 25.6 Å². The number of nitrogens with zero attached hydrogens (tertiary/aromatic N) is 2. The summed E-state index contributed by atoms with van der Waals surface area (Å²) >= 11 is 1.67. The minimum atomic E-state index is -4.23. The molecule has 1 aromatic rings. The molecule has 1 N–H and O–H groups in total. The summed E-state index contributed by atoms with van der Waals surface area (Å²) in [7, 11) is 0. The second-order valence-electron chi connectivity index (χ2n) is 4.23. The van der Waals surface area contributed by atoms with Crippen LogP contribution in [0, 0.1) is 5.92 Å². The summed E-state index contributed by atoms with van der Waals surface area (Å²) < 4.78 is 40.5. The summed E-state index contributed by atoms with van der Waals surface area (Å²) in [6.45, 7) is 3.08. The number of nitrogens with one attached hydrogen (secondary N) is 1. The van der Waals surface area contributed by atoms with E-state index in [4.69, 9.17) is 4.52 Å². The summed E-state index contributed by atoms with van der Waals surface area (Å²) in [6, 6.07) is 0. The number of rotatable bonds is 7. The quantitative estimate of drug-likeness (QED) is 0.833. The first-order valence-electron chi connectivity index (χ1n) is 5.53. The van der Waals surface area contributed by atoms with Crippen molar-refractivity contribution in [2.75, 3.05) is 12.3 Å². The lowest BCUT2D eigenvalue weighted by Gasteiger charge is -2.05. The summed E-state index contributed by atoms with van der Waals surface area (Å²) in [5.41, 5.74) is 0. The second kappa shape index (κ2) is 6.98. The molecule has 0 fully saturated rings. The highest BCUT2D eigenvalue weighted by Crippen LogP contribution is 2.14. The molecule has 0 atom stereocenters. The highest BCUT2D eigenvalue weighted by atomic mass is 32.2. The van der Waals surface area contributed by atoms with Gasteiger partial charge in [0, 0.05) is 0 Å². The smallest absolute Gasteiger partial charge is 0.338 e. The van der Waals surface area contributed by atoms with Crippen LogP contribution in [0.2, 0.25) is 0 Å². The molecule has 1 heterocycles. The molecule has 0 amide bonds. The third-order valence-corrected chi connectivity index (χ3v) is 3.16. The number of hydrogen-bond donors (Lipinski definition) is 1. The second-order valence-corrected chi connectivity index (χ2v) is 5.26. The van der Waals surface area contributed by atoms with E-state index in [2.05, 4.69) is 29.3 Å². The Morgan fingerprint density at radius 2 is 2.11 bits per heavy atom. The monoisotopic (exact) mass is 283 g/mol. The Bertz CT molecular complexity index is 354. The van der Waals surface area contributed by atoms with Crippen LogP contribution in [-0.4, -0.2) is 28.6 Å². The van der Waals surface area contributed by atoms with Crippen molar-refractivity contribution in [2.45, 2.75) is 32.3 Å². The standard InChI is InChI=1S/C10H16F3N3OS/c1-7(2)4-18-5-8-15-9(17-16-8)3-14-6-10(11,12)13/h7,14H,3-6H2,1-2H3. The lowest BCUT2D eigenvalue weighted by atomic mass is 10.3. The minimum absolute atomic E-state index is 0.0681. The van der Waals surface area contributed by atoms with Gasteiger partial charge in [0.15, 0.2) is 5.82 Å². The van der Waals surface area contributed by atoms with E-state index in [0.29, 0.717) is 17.5 Å². The largest absolute Gasteiger partial charge is 0.401 e. The Morgan fingerprint density at radius 3 is 2.72 bits per heavy atom. The maximum atomic E-state index is 11.9. The van der Waals surface area contributed by atoms with Crippen molar-refractivity contribution in [3.63, 3.8) is 0 Å². The predicted molar refractivity (Wildman–Crippen MR) is 63.1 cm³/mol. The summed E-state index contributed by atoms with van der Waals surface area (Å²) in [5.74, 6) is 2.87. The molecular formula is C10H16F3N3OS. The van der Waals surface area contributed by atoms with Gasteiger partial charge < -0.3 is 9.84 Å². The third kappa shape index (κ3) is 6.85. The number of alkyl halides is 3. The van der Waals surface area contributed by atoms with E-state index < -0.39 is 12.7 Å². The molecule has 1 rings (SSSR count). The maximum Gasteiger partial charge on any atom is 0.401 e. The van der Waals surface area contributed by atoms with Gasteiger partial charge in [-0.15, -0.1) is 0 Å². The zero-order chi connectivity index (χ0) is 13.6. The molecule has 0 radical (unpaired) electrons. The Kier molecular flexibility index (Phi) is 5.94. The van der Waals surface area contributed by atoms with Crippen molar-refractivity contribution in [3.05, 3.63) is 11.7 Å². The zero-order valence-corrected chi connectivity index (χ0v) is 11.1. The molecule has 18 heavy (non-hydrogen) atoms. The highest BCUT2D eigenvalue weighted by Gasteiger charge is 2.26. The van der Waals surface area contributed by atoms with E-state index >= 15 is 0 Å². The Balaban J connectivity index is 2.26. The molecule has 0 saturated heterocycles. The van der Waals surface area contributed by atoms with Gasteiger partial charge in [0.05, 0.1) is 18.8 Å². The topological polar surface area (TPSA) is 51.0 Å². The molecule has 0 aliphatic rings. The molecule has 0 unspecified atom stereocenters. The van der Waals surface area contributed by atoms with Crippen molar-refractivity contribution in [1.82, 2.24) is 15.5 Å². The normalized spacial score (nSPS) is 12.3. The van der Waals surface area contributed by atoms with Crippen LogP contribution < -0.4 is 5.32 Å². The van der Waals surface area contributed by atoms with Crippen LogP contribution in [0.15, 0.2) is 4.52 Å². The molecule has 0 spiro atoms. The van der Waals surface area contributed by atoms with Gasteiger partial charge in [-0.25, -0.2) is 0 Å². The van der Waals surface area contributed by atoms with Crippen LogP contribution in [0.3, 0.4) is 0 Å². The third-order valence-electron chi connectivity index (χ3n) is 1.79. The Hall–Kier alpha value is -0.760. The number of hydrogen-bond acceptors (Lipinski definition) is 5. The summed E-state index contributed by atoms with van der Waals surface area (Å²) in [5, 5.41) is 5.90. The number of halogens is 3. The molecule has 104 valence electrons. The average molecular weight is 283 g/mol. The van der Waals surface area contributed by atoms with Gasteiger partial charge in [-0.2, -0.15) is 29.9 Å². The fraction of sp³-hybridized carbons (Fsp3) is 0.800. The fourth-order valence-electron chi connectivity index (χ4n) is 1.12. The molecule has 0 aliphatic heterocycles. The lowest BCUT2D eigenvalue weighted by molar-refractivity contribution is -0.125. The lowest BCUT2D eigenvalue weighted by Crippen LogP contribution is -2.28. The average Bonchev–Trinajstić information content (AvgIpc) is 2.63. The predicted octanol–water partition coefficient (Wildman–Crippen LogP) is 2.61. The van der Waals surface area contributed by atoms with E-state index in [-0.39, 0.29) is 12.4 Å². The van der Waals surface area contributed by atoms with E-state index in [0.717, 1.165) is 5.75 Å². The first-order chi connectivity index (χ1) is 8.37. The zero-order valence-electron chi connectivity index (χ0n) is 10.3. The minimum Gasteiger partial charge on any atom is -0.338 e. The van der Waals surface area contributed by atoms with Crippen molar-refractivity contribution in [2.24, 2.45) is 5.92 Å². The van der Waals surface area contributed by atoms with Gasteiger partial charge in [-0.3, -0.25) is 0 Å². The van der Waals surface area contributed by atoms with Gasteiger partial charge in [0.2, 0.25) is 5.89 Å². The van der Waals surface area contributed by atoms with Crippen molar-refractivity contribution < 1.29 is 17.7 Å². The van der Waals surface area contributed by atoms with E-state index in [9.17, 15) is 13.2 Å². The van der Waals surface area contributed by atoms with Crippen LogP contribution in [0.4, 0.5) is 13.2 Å². The maximum absolute atomic E-state index is 11.9. The molecule has 4 nitrogen and oxygen atoms in total. The van der Waals surface area contributed by atoms with Crippen LogP contribution >= 0.6 is 11.8 Å². The van der Waals surface area contributed by atoms with Gasteiger partial charge in [-0.05, 0) is 11.7 Å². The van der Waals surface area contributed by atoms with Crippen molar-refractivity contribution in [1.29, 1.82) is 0 Å². The van der Waals surface area contributed by atoms with E-state index in [1.807, 2.05) is 0 Å². The van der Waals surface area contributed by atoms with Crippen LogP contribution in [0.25, 0.3) is 0 Å². The Labute approximate surface area is 108 Å². The summed E-state index contributed by atoms with van der Waals surface area (Å²) in [6.07, 6.45) is -4.23. The Morgan fingerprint density at radius 1 is 1.39 bits per heavy atom. The van der Waals surface area contributed by atoms with Gasteiger partial charge >= 0.3 is 6.18 Å². The van der Waals surface area contributed by atoms with Gasteiger partial charge in [0.1, 0.15) is 0 Å². The number of aromatic nitrogens is 2. The first kappa shape index (κ1) is 15.3. The fourth-order valence-corrected chi connectivity index (χ4v) is 2.01. The summed E-state index contributed by atoms with van der Waals surface area (Å²) in [4.78, 5) is 4.00. The van der Waals surface area contributed by atoms with Crippen molar-refractivity contribution >= 4 is 11.8 Å². The molecule has 0 saturated carbocycles. The van der Waals surface area contributed by atoms with Crippen LogP contribution in [-0.2, 0) is 12.3 Å². The first-order valence-corrected chi connectivity index (χ1v) is 6.69. The molecule has 1 aromatic heterocycles.